The van der Waals surface area contributed by atoms with Crippen molar-refractivity contribution in [2.45, 2.75) is 16.0 Å². The molecule has 4 heteroatoms. The van der Waals surface area contributed by atoms with Crippen LogP contribution in [-0.2, 0) is 5.75 Å². The summed E-state index contributed by atoms with van der Waals surface area (Å²) < 4.78 is 1.51. The largest absolute Gasteiger partial charge is 0.304 e. The van der Waals surface area contributed by atoms with Gasteiger partial charge in [0.25, 0.3) is 0 Å². The molecule has 1 unspecified atom stereocenters. The summed E-state index contributed by atoms with van der Waals surface area (Å²) in [7, 11) is 2.23. The number of thiophene rings is 1. The van der Waals surface area contributed by atoms with Crippen LogP contribution in [0.3, 0.4) is 0 Å². The van der Waals surface area contributed by atoms with E-state index in [-0.39, 0.29) is 0 Å². The minimum Gasteiger partial charge on any atom is -0.304 e. The van der Waals surface area contributed by atoms with Crippen LogP contribution in [0.25, 0.3) is 0 Å². The molecular weight excluding hydrogens is 296 g/mol. The summed E-state index contributed by atoms with van der Waals surface area (Å²) in [5, 5.41) is 2.26. The SMILES string of the molecule is CN1CCN(C2c3ccccc3CSc3sccc32)CC1. The molecule has 2 aromatic rings. The lowest BCUT2D eigenvalue weighted by atomic mass is 9.95. The quantitative estimate of drug-likeness (QED) is 0.792. The Hall–Kier alpha value is -0.810. The van der Waals surface area contributed by atoms with Gasteiger partial charge in [0.1, 0.15) is 0 Å². The minimum atomic E-state index is 0.450. The van der Waals surface area contributed by atoms with E-state index in [2.05, 4.69) is 52.6 Å². The van der Waals surface area contributed by atoms with Gasteiger partial charge in [-0.1, -0.05) is 24.3 Å². The van der Waals surface area contributed by atoms with Crippen LogP contribution in [0.5, 0.6) is 0 Å². The number of nitrogens with zero attached hydrogens (tertiary/aromatic N) is 2. The zero-order chi connectivity index (χ0) is 14.2. The molecule has 2 aliphatic rings. The zero-order valence-corrected chi connectivity index (χ0v) is 13.9. The highest BCUT2D eigenvalue weighted by atomic mass is 32.2. The molecule has 0 N–H and O–H groups in total. The fraction of sp³-hybridized carbons (Fsp3) is 0.412. The average Bonchev–Trinajstić information content (AvgIpc) is 2.91. The van der Waals surface area contributed by atoms with Crippen LogP contribution in [0.1, 0.15) is 22.7 Å². The predicted octanol–water partition coefficient (Wildman–Crippen LogP) is 3.69. The van der Waals surface area contributed by atoms with E-state index < -0.39 is 0 Å². The summed E-state index contributed by atoms with van der Waals surface area (Å²) in [4.78, 5) is 5.11. The second-order valence-electron chi connectivity index (χ2n) is 5.89. The standard InChI is InChI=1S/C17H20N2S2/c1-18-7-9-19(10-8-18)16-14-5-3-2-4-13(14)12-21-17-15(16)6-11-20-17/h2-6,11,16H,7-10,12H2,1H3. The van der Waals surface area contributed by atoms with Crippen molar-refractivity contribution in [2.75, 3.05) is 33.2 Å². The van der Waals surface area contributed by atoms with Gasteiger partial charge < -0.3 is 4.90 Å². The van der Waals surface area contributed by atoms with Crippen molar-refractivity contribution < 1.29 is 0 Å². The summed E-state index contributed by atoms with van der Waals surface area (Å²) in [6.07, 6.45) is 0. The van der Waals surface area contributed by atoms with Crippen molar-refractivity contribution in [1.82, 2.24) is 9.80 Å². The number of fused-ring (bicyclic) bond motifs is 2. The number of piperazine rings is 1. The molecule has 4 rings (SSSR count). The molecule has 0 spiro atoms. The third-order valence-corrected chi connectivity index (χ3v) is 6.88. The van der Waals surface area contributed by atoms with Crippen molar-refractivity contribution in [3.8, 4) is 0 Å². The van der Waals surface area contributed by atoms with Crippen molar-refractivity contribution in [3.05, 3.63) is 52.4 Å². The van der Waals surface area contributed by atoms with Gasteiger partial charge in [-0.2, -0.15) is 0 Å². The Labute approximate surface area is 134 Å². The molecule has 1 atom stereocenters. The van der Waals surface area contributed by atoms with Crippen LogP contribution in [-0.4, -0.2) is 43.0 Å². The first-order chi connectivity index (χ1) is 10.3. The van der Waals surface area contributed by atoms with Gasteiger partial charge in [-0.15, -0.1) is 23.1 Å². The van der Waals surface area contributed by atoms with Crippen LogP contribution in [0.15, 0.2) is 39.9 Å². The summed E-state index contributed by atoms with van der Waals surface area (Å²) in [6, 6.07) is 11.8. The predicted molar refractivity (Wildman–Crippen MR) is 91.2 cm³/mol. The Morgan fingerprint density at radius 2 is 1.81 bits per heavy atom. The smallest absolute Gasteiger partial charge is 0.0653 e. The summed E-state index contributed by atoms with van der Waals surface area (Å²) >= 11 is 3.91. The maximum absolute atomic E-state index is 2.68. The van der Waals surface area contributed by atoms with Crippen LogP contribution in [0, 0.1) is 0 Å². The molecule has 0 saturated carbocycles. The molecule has 2 nitrogen and oxygen atoms in total. The fourth-order valence-corrected chi connectivity index (χ4v) is 5.51. The van der Waals surface area contributed by atoms with Crippen LogP contribution >= 0.6 is 23.1 Å². The van der Waals surface area contributed by atoms with Crippen molar-refractivity contribution in [3.63, 3.8) is 0 Å². The monoisotopic (exact) mass is 316 g/mol. The maximum atomic E-state index is 2.68. The van der Waals surface area contributed by atoms with Gasteiger partial charge in [-0.25, -0.2) is 0 Å². The van der Waals surface area contributed by atoms with Crippen LogP contribution in [0.2, 0.25) is 0 Å². The number of benzene rings is 1. The molecule has 110 valence electrons. The fourth-order valence-electron chi connectivity index (χ4n) is 3.34. The van der Waals surface area contributed by atoms with Crippen LogP contribution in [0.4, 0.5) is 0 Å². The number of likely N-dealkylation sites (N-methyl/N-ethyl adjacent to an activating group) is 1. The molecular formula is C17H20N2S2. The van der Waals surface area contributed by atoms with E-state index in [0.717, 1.165) is 18.8 Å². The van der Waals surface area contributed by atoms with E-state index in [1.54, 1.807) is 0 Å². The molecule has 3 heterocycles. The second kappa shape index (κ2) is 5.76. The Kier molecular flexibility index (Phi) is 3.79. The molecule has 0 aliphatic carbocycles. The van der Waals surface area contributed by atoms with E-state index in [9.17, 15) is 0 Å². The Bertz CT molecular complexity index is 629. The normalized spacial score (nSPS) is 23.4. The Morgan fingerprint density at radius 1 is 1.00 bits per heavy atom. The first-order valence-corrected chi connectivity index (χ1v) is 9.40. The van der Waals surface area contributed by atoms with Crippen molar-refractivity contribution in [2.24, 2.45) is 0 Å². The molecule has 1 saturated heterocycles. The van der Waals surface area contributed by atoms with Gasteiger partial charge >= 0.3 is 0 Å². The van der Waals surface area contributed by atoms with E-state index in [4.69, 9.17) is 0 Å². The lowest BCUT2D eigenvalue weighted by molar-refractivity contribution is 0.126. The number of thioether (sulfide) groups is 1. The molecule has 21 heavy (non-hydrogen) atoms. The van der Waals surface area contributed by atoms with Gasteiger partial charge in [0.2, 0.25) is 0 Å². The third-order valence-electron chi connectivity index (χ3n) is 4.56. The number of rotatable bonds is 1. The summed E-state index contributed by atoms with van der Waals surface area (Å²) in [6.45, 7) is 4.67. The zero-order valence-electron chi connectivity index (χ0n) is 12.3. The Morgan fingerprint density at radius 3 is 2.67 bits per heavy atom. The van der Waals surface area contributed by atoms with Gasteiger partial charge in [-0.05, 0) is 35.2 Å². The molecule has 1 fully saturated rings. The molecule has 0 radical (unpaired) electrons. The van der Waals surface area contributed by atoms with E-state index in [1.165, 1.54) is 34.0 Å². The molecule has 0 bridgehead atoms. The summed E-state index contributed by atoms with van der Waals surface area (Å²) in [5.74, 6) is 1.11. The van der Waals surface area contributed by atoms with Crippen LogP contribution < -0.4 is 0 Å². The van der Waals surface area contributed by atoms with E-state index in [0.29, 0.717) is 6.04 Å². The lowest BCUT2D eigenvalue weighted by Crippen LogP contribution is -2.46. The number of hydrogen-bond donors (Lipinski definition) is 0. The molecule has 1 aromatic heterocycles. The van der Waals surface area contributed by atoms with E-state index in [1.807, 2.05) is 23.1 Å². The maximum Gasteiger partial charge on any atom is 0.0653 e. The topological polar surface area (TPSA) is 6.48 Å². The lowest BCUT2D eigenvalue weighted by Gasteiger charge is -2.38. The van der Waals surface area contributed by atoms with Gasteiger partial charge in [0.05, 0.1) is 10.3 Å². The summed E-state index contributed by atoms with van der Waals surface area (Å²) in [5.41, 5.74) is 4.56. The minimum absolute atomic E-state index is 0.450. The van der Waals surface area contributed by atoms with Gasteiger partial charge in [0, 0.05) is 31.9 Å². The van der Waals surface area contributed by atoms with Crippen molar-refractivity contribution in [1.29, 1.82) is 0 Å². The highest BCUT2D eigenvalue weighted by Gasteiger charge is 2.31. The molecule has 0 amide bonds. The highest BCUT2D eigenvalue weighted by molar-refractivity contribution is 8.00. The number of hydrogen-bond acceptors (Lipinski definition) is 4. The first kappa shape index (κ1) is 13.8. The average molecular weight is 316 g/mol. The van der Waals surface area contributed by atoms with E-state index >= 15 is 0 Å². The molecule has 2 aliphatic heterocycles. The molecule has 1 aromatic carbocycles. The van der Waals surface area contributed by atoms with Crippen molar-refractivity contribution >= 4 is 23.1 Å². The first-order valence-electron chi connectivity index (χ1n) is 7.53. The Balaban J connectivity index is 1.78. The highest BCUT2D eigenvalue weighted by Crippen LogP contribution is 2.44. The van der Waals surface area contributed by atoms with Gasteiger partial charge in [-0.3, -0.25) is 4.90 Å². The second-order valence-corrected chi connectivity index (χ2v) is 8.05. The third kappa shape index (κ3) is 2.55. The van der Waals surface area contributed by atoms with Gasteiger partial charge in [0.15, 0.2) is 0 Å².